The van der Waals surface area contributed by atoms with Crippen LogP contribution in [0.5, 0.6) is 0 Å². The zero-order valence-corrected chi connectivity index (χ0v) is 9.51. The molecule has 6 nitrogen and oxygen atoms in total. The van der Waals surface area contributed by atoms with Crippen molar-refractivity contribution in [1.82, 2.24) is 4.98 Å². The Morgan fingerprint density at radius 1 is 1.33 bits per heavy atom. The third-order valence-corrected chi connectivity index (χ3v) is 2.32. The first-order valence-corrected chi connectivity index (χ1v) is 5.12. The van der Waals surface area contributed by atoms with Gasteiger partial charge in [-0.05, 0) is 25.1 Å². The van der Waals surface area contributed by atoms with Gasteiger partial charge in [-0.2, -0.15) is 0 Å². The Balaban J connectivity index is 2.13. The van der Waals surface area contributed by atoms with Gasteiger partial charge in [0.2, 0.25) is 0 Å². The minimum Gasteiger partial charge on any atom is -0.478 e. The molecule has 0 aliphatic rings. The van der Waals surface area contributed by atoms with Crippen molar-refractivity contribution in [3.05, 3.63) is 47.5 Å². The summed E-state index contributed by atoms with van der Waals surface area (Å²) in [4.78, 5) is 26.2. The van der Waals surface area contributed by atoms with Gasteiger partial charge in [0.1, 0.15) is 5.82 Å². The molecule has 0 spiro atoms. The fourth-order valence-corrected chi connectivity index (χ4v) is 1.37. The third kappa shape index (κ3) is 2.37. The van der Waals surface area contributed by atoms with Crippen LogP contribution in [0, 0.1) is 6.92 Å². The van der Waals surface area contributed by atoms with Gasteiger partial charge in [-0.1, -0.05) is 0 Å². The number of rotatable bonds is 3. The Bertz CT molecular complexity index is 586. The molecule has 18 heavy (non-hydrogen) atoms. The van der Waals surface area contributed by atoms with Crippen LogP contribution < -0.4 is 5.32 Å². The average Bonchev–Trinajstić information content (AvgIpc) is 2.76. The zero-order valence-electron chi connectivity index (χ0n) is 9.51. The Morgan fingerprint density at radius 2 is 2.11 bits per heavy atom. The second-order valence-corrected chi connectivity index (χ2v) is 3.62. The van der Waals surface area contributed by atoms with Crippen molar-refractivity contribution in [1.29, 1.82) is 0 Å². The number of pyridine rings is 1. The Kier molecular flexibility index (Phi) is 3.09. The molecule has 0 fully saturated rings. The highest BCUT2D eigenvalue weighted by Gasteiger charge is 2.13. The Labute approximate surface area is 102 Å². The Hall–Kier alpha value is -2.63. The lowest BCUT2D eigenvalue weighted by molar-refractivity contribution is 0.0696. The first-order valence-electron chi connectivity index (χ1n) is 5.12. The molecule has 0 aliphatic heterocycles. The SMILES string of the molecule is Cc1ccoc1C(=O)Nc1ccc(C(=O)O)cn1. The van der Waals surface area contributed by atoms with Gasteiger partial charge in [0, 0.05) is 11.8 Å². The molecule has 92 valence electrons. The number of aromatic nitrogens is 1. The number of amides is 1. The number of anilines is 1. The largest absolute Gasteiger partial charge is 0.478 e. The van der Waals surface area contributed by atoms with Crippen molar-refractivity contribution >= 4 is 17.7 Å². The van der Waals surface area contributed by atoms with Crippen LogP contribution in [0.1, 0.15) is 26.5 Å². The van der Waals surface area contributed by atoms with Gasteiger partial charge >= 0.3 is 5.97 Å². The fraction of sp³-hybridized carbons (Fsp3) is 0.0833. The zero-order chi connectivity index (χ0) is 13.1. The lowest BCUT2D eigenvalue weighted by atomic mass is 10.2. The summed E-state index contributed by atoms with van der Waals surface area (Å²) in [5.41, 5.74) is 0.775. The van der Waals surface area contributed by atoms with Gasteiger partial charge in [0.05, 0.1) is 11.8 Å². The minimum absolute atomic E-state index is 0.0576. The summed E-state index contributed by atoms with van der Waals surface area (Å²) in [6, 6.07) is 4.45. The van der Waals surface area contributed by atoms with Crippen molar-refractivity contribution in [3.63, 3.8) is 0 Å². The summed E-state index contributed by atoms with van der Waals surface area (Å²) in [6.45, 7) is 1.75. The van der Waals surface area contributed by atoms with E-state index < -0.39 is 11.9 Å². The summed E-state index contributed by atoms with van der Waals surface area (Å²) >= 11 is 0. The summed E-state index contributed by atoms with van der Waals surface area (Å²) in [6.07, 6.45) is 2.60. The first kappa shape index (κ1) is 11.8. The smallest absolute Gasteiger partial charge is 0.337 e. The van der Waals surface area contributed by atoms with E-state index in [-0.39, 0.29) is 17.1 Å². The van der Waals surface area contributed by atoms with Crippen LogP contribution in [-0.2, 0) is 0 Å². The van der Waals surface area contributed by atoms with E-state index in [1.807, 2.05) is 0 Å². The quantitative estimate of drug-likeness (QED) is 0.863. The second-order valence-electron chi connectivity index (χ2n) is 3.62. The normalized spacial score (nSPS) is 10.1. The highest BCUT2D eigenvalue weighted by Crippen LogP contribution is 2.12. The number of nitrogens with one attached hydrogen (secondary N) is 1. The number of hydrogen-bond acceptors (Lipinski definition) is 4. The standard InChI is InChI=1S/C12H10N2O4/c1-7-4-5-18-10(7)11(15)14-9-3-2-8(6-13-9)12(16)17/h2-6H,1H3,(H,16,17)(H,13,14,15). The van der Waals surface area contributed by atoms with E-state index in [1.54, 1.807) is 13.0 Å². The first-order chi connectivity index (χ1) is 8.58. The molecule has 0 saturated carbocycles. The number of carbonyl (C=O) groups is 2. The number of aromatic carboxylic acids is 1. The molecule has 6 heteroatoms. The molecule has 2 aromatic rings. The van der Waals surface area contributed by atoms with Gasteiger partial charge in [-0.15, -0.1) is 0 Å². The molecular formula is C12H10N2O4. The maximum Gasteiger partial charge on any atom is 0.337 e. The van der Waals surface area contributed by atoms with Crippen molar-refractivity contribution in [3.8, 4) is 0 Å². The summed E-state index contributed by atoms with van der Waals surface area (Å²) in [5, 5.41) is 11.2. The molecule has 0 radical (unpaired) electrons. The van der Waals surface area contributed by atoms with Gasteiger partial charge in [-0.3, -0.25) is 4.79 Å². The number of nitrogens with zero attached hydrogens (tertiary/aromatic N) is 1. The van der Waals surface area contributed by atoms with Crippen LogP contribution in [0.4, 0.5) is 5.82 Å². The number of hydrogen-bond donors (Lipinski definition) is 2. The van der Waals surface area contributed by atoms with Crippen molar-refractivity contribution < 1.29 is 19.1 Å². The number of carboxylic acids is 1. The number of carboxylic acid groups (broad SMARTS) is 1. The van der Waals surface area contributed by atoms with Crippen molar-refractivity contribution in [2.45, 2.75) is 6.92 Å². The minimum atomic E-state index is -1.07. The molecule has 2 aromatic heterocycles. The molecule has 2 rings (SSSR count). The molecule has 1 amide bonds. The summed E-state index contributed by atoms with van der Waals surface area (Å²) in [7, 11) is 0. The molecule has 0 saturated heterocycles. The van der Waals surface area contributed by atoms with Crippen molar-refractivity contribution in [2.75, 3.05) is 5.32 Å². The maximum atomic E-state index is 11.8. The predicted molar refractivity (Wildman–Crippen MR) is 62.6 cm³/mol. The molecular weight excluding hydrogens is 236 g/mol. The molecule has 0 unspecified atom stereocenters. The van der Waals surface area contributed by atoms with Crippen LogP contribution in [-0.4, -0.2) is 22.0 Å². The van der Waals surface area contributed by atoms with Crippen LogP contribution in [0.25, 0.3) is 0 Å². The van der Waals surface area contributed by atoms with Gasteiger partial charge in [-0.25, -0.2) is 9.78 Å². The lowest BCUT2D eigenvalue weighted by Gasteiger charge is -2.03. The number of aryl methyl sites for hydroxylation is 1. The summed E-state index contributed by atoms with van der Waals surface area (Å²) < 4.78 is 5.03. The molecule has 0 aromatic carbocycles. The monoisotopic (exact) mass is 246 g/mol. The van der Waals surface area contributed by atoms with E-state index in [2.05, 4.69) is 10.3 Å². The molecule has 0 bridgehead atoms. The molecule has 2 N–H and O–H groups in total. The molecule has 2 heterocycles. The van der Waals surface area contributed by atoms with Crippen molar-refractivity contribution in [2.24, 2.45) is 0 Å². The van der Waals surface area contributed by atoms with E-state index in [9.17, 15) is 9.59 Å². The highest BCUT2D eigenvalue weighted by molar-refractivity contribution is 6.02. The predicted octanol–water partition coefficient (Wildman–Crippen LogP) is 1.93. The lowest BCUT2D eigenvalue weighted by Crippen LogP contribution is -2.13. The molecule has 0 atom stereocenters. The molecule has 0 aliphatic carbocycles. The second kappa shape index (κ2) is 4.70. The van der Waals surface area contributed by atoms with Crippen LogP contribution in [0.15, 0.2) is 35.1 Å². The third-order valence-electron chi connectivity index (χ3n) is 2.32. The Morgan fingerprint density at radius 3 is 2.61 bits per heavy atom. The van der Waals surface area contributed by atoms with E-state index in [0.29, 0.717) is 0 Å². The van der Waals surface area contributed by atoms with E-state index in [4.69, 9.17) is 9.52 Å². The topological polar surface area (TPSA) is 92.4 Å². The fourth-order valence-electron chi connectivity index (χ4n) is 1.37. The van der Waals surface area contributed by atoms with Gasteiger partial charge in [0.25, 0.3) is 5.91 Å². The number of carbonyl (C=O) groups excluding carboxylic acids is 1. The summed E-state index contributed by atoms with van der Waals surface area (Å²) in [5.74, 6) is -1.02. The van der Waals surface area contributed by atoms with Crippen LogP contribution in [0.2, 0.25) is 0 Å². The van der Waals surface area contributed by atoms with E-state index in [1.165, 1.54) is 24.6 Å². The number of furan rings is 1. The van der Waals surface area contributed by atoms with Gasteiger partial charge < -0.3 is 14.8 Å². The van der Waals surface area contributed by atoms with E-state index >= 15 is 0 Å². The van der Waals surface area contributed by atoms with Crippen LogP contribution >= 0.6 is 0 Å². The maximum absolute atomic E-state index is 11.8. The van der Waals surface area contributed by atoms with Crippen LogP contribution in [0.3, 0.4) is 0 Å². The average molecular weight is 246 g/mol. The van der Waals surface area contributed by atoms with E-state index in [0.717, 1.165) is 5.56 Å². The van der Waals surface area contributed by atoms with Gasteiger partial charge in [0.15, 0.2) is 5.76 Å². The highest BCUT2D eigenvalue weighted by atomic mass is 16.4.